The molecule has 1 amide bonds. The zero-order valence-corrected chi connectivity index (χ0v) is 15.5. The highest BCUT2D eigenvalue weighted by molar-refractivity contribution is 6.32. The number of aromatic nitrogens is 2. The molecule has 1 heterocycles. The number of nitrogens with zero attached hydrogens (tertiary/aromatic N) is 3. The van der Waals surface area contributed by atoms with Gasteiger partial charge >= 0.3 is 5.69 Å². The van der Waals surface area contributed by atoms with Gasteiger partial charge in [0.15, 0.2) is 0 Å². The van der Waals surface area contributed by atoms with Gasteiger partial charge in [-0.1, -0.05) is 31.5 Å². The number of nitro groups is 1. The zero-order chi connectivity index (χ0) is 18.7. The Morgan fingerprint density at radius 3 is 2.52 bits per heavy atom. The first-order chi connectivity index (χ1) is 11.8. The van der Waals surface area contributed by atoms with Crippen LogP contribution in [0.2, 0.25) is 5.02 Å². The van der Waals surface area contributed by atoms with E-state index in [1.807, 2.05) is 26.0 Å². The lowest BCUT2D eigenvalue weighted by atomic mass is 10.0. The van der Waals surface area contributed by atoms with Gasteiger partial charge in [-0.05, 0) is 43.9 Å². The molecular weight excluding hydrogens is 344 g/mol. The highest BCUT2D eigenvalue weighted by atomic mass is 35.5. The van der Waals surface area contributed by atoms with Gasteiger partial charge in [-0.2, -0.15) is 5.10 Å². The maximum Gasteiger partial charge on any atom is 0.312 e. The molecule has 0 unspecified atom stereocenters. The van der Waals surface area contributed by atoms with Gasteiger partial charge in [-0.15, -0.1) is 0 Å². The number of hydrogen-bond acceptors (Lipinski definition) is 4. The van der Waals surface area contributed by atoms with Crippen LogP contribution < -0.4 is 5.32 Å². The number of nitrogens with one attached hydrogen (secondary N) is 1. The first-order valence-corrected chi connectivity index (χ1v) is 8.46. The van der Waals surface area contributed by atoms with Crippen LogP contribution in [0.25, 0.3) is 0 Å². The van der Waals surface area contributed by atoms with Crippen LogP contribution in [0, 0.1) is 24.0 Å². The molecule has 0 atom stereocenters. The molecule has 25 heavy (non-hydrogen) atoms. The number of hydrogen-bond donors (Lipinski definition) is 1. The third kappa shape index (κ3) is 3.82. The lowest BCUT2D eigenvalue weighted by Crippen LogP contribution is -2.22. The number of benzene rings is 1. The fourth-order valence-corrected chi connectivity index (χ4v) is 3.18. The molecule has 0 aliphatic carbocycles. The van der Waals surface area contributed by atoms with Crippen LogP contribution in [0.1, 0.15) is 36.4 Å². The van der Waals surface area contributed by atoms with Crippen LogP contribution in [0.4, 0.5) is 11.4 Å². The van der Waals surface area contributed by atoms with E-state index in [1.54, 1.807) is 13.8 Å². The number of carbonyl (C=O) groups is 1. The summed E-state index contributed by atoms with van der Waals surface area (Å²) >= 11 is 6.24. The molecule has 0 fully saturated rings. The Hall–Kier alpha value is -2.41. The molecule has 8 heteroatoms. The van der Waals surface area contributed by atoms with Crippen LogP contribution in [-0.4, -0.2) is 20.6 Å². The van der Waals surface area contributed by atoms with E-state index in [2.05, 4.69) is 10.4 Å². The molecular formula is C17H21ClN4O3. The highest BCUT2D eigenvalue weighted by Gasteiger charge is 2.23. The average Bonchev–Trinajstić information content (AvgIpc) is 2.81. The fourth-order valence-electron chi connectivity index (χ4n) is 2.89. The first-order valence-electron chi connectivity index (χ1n) is 8.08. The topological polar surface area (TPSA) is 90.1 Å². The van der Waals surface area contributed by atoms with Gasteiger partial charge in [-0.3, -0.25) is 19.6 Å². The largest absolute Gasteiger partial charge is 0.324 e. The van der Waals surface area contributed by atoms with Gasteiger partial charge in [0.2, 0.25) is 5.91 Å². The monoisotopic (exact) mass is 364 g/mol. The molecule has 0 bridgehead atoms. The molecule has 0 saturated heterocycles. The van der Waals surface area contributed by atoms with Crippen molar-refractivity contribution in [3.05, 3.63) is 49.8 Å². The average molecular weight is 365 g/mol. The number of amides is 1. The second-order valence-corrected chi connectivity index (χ2v) is 6.16. The molecule has 0 spiro atoms. The van der Waals surface area contributed by atoms with Crippen LogP contribution in [0.3, 0.4) is 0 Å². The number of halogens is 1. The second kappa shape index (κ2) is 7.65. The van der Waals surface area contributed by atoms with Gasteiger partial charge < -0.3 is 5.32 Å². The van der Waals surface area contributed by atoms with E-state index in [0.29, 0.717) is 22.8 Å². The van der Waals surface area contributed by atoms with Crippen LogP contribution in [0.15, 0.2) is 12.1 Å². The number of rotatable bonds is 6. The predicted octanol–water partition coefficient (Wildman–Crippen LogP) is 3.83. The van der Waals surface area contributed by atoms with Crippen molar-refractivity contribution >= 4 is 28.9 Å². The summed E-state index contributed by atoms with van der Waals surface area (Å²) in [6, 6.07) is 3.73. The van der Waals surface area contributed by atoms with Crippen molar-refractivity contribution in [2.24, 2.45) is 0 Å². The molecule has 0 saturated carbocycles. The van der Waals surface area contributed by atoms with Gasteiger partial charge in [0.05, 0.1) is 4.92 Å². The summed E-state index contributed by atoms with van der Waals surface area (Å²) in [5.74, 6) is -0.299. The molecule has 1 N–H and O–H groups in total. The van der Waals surface area contributed by atoms with E-state index in [4.69, 9.17) is 11.6 Å². The van der Waals surface area contributed by atoms with E-state index in [0.717, 1.165) is 23.2 Å². The van der Waals surface area contributed by atoms with Crippen molar-refractivity contribution in [1.82, 2.24) is 9.78 Å². The quantitative estimate of drug-likeness (QED) is 0.623. The molecule has 2 aromatic rings. The van der Waals surface area contributed by atoms with Gasteiger partial charge in [0, 0.05) is 10.7 Å². The molecule has 134 valence electrons. The number of aryl methyl sites for hydroxylation is 2. The van der Waals surface area contributed by atoms with Crippen molar-refractivity contribution in [3.8, 4) is 0 Å². The third-order valence-electron chi connectivity index (χ3n) is 4.16. The van der Waals surface area contributed by atoms with Gasteiger partial charge in [-0.25, -0.2) is 0 Å². The Labute approximate surface area is 151 Å². The standard InChI is InChI=1S/C17H21ClN4O3/c1-5-12-7-8-14(18)13(6-2)16(12)19-15(23)9-21-11(4)17(22(24)25)10(3)20-21/h7-8H,5-6,9H2,1-4H3,(H,19,23). The summed E-state index contributed by atoms with van der Waals surface area (Å²) < 4.78 is 1.35. The van der Waals surface area contributed by atoms with Crippen LogP contribution in [0.5, 0.6) is 0 Å². The summed E-state index contributed by atoms with van der Waals surface area (Å²) in [6.45, 7) is 7.02. The minimum atomic E-state index is -0.479. The Kier molecular flexibility index (Phi) is 5.79. The highest BCUT2D eigenvalue weighted by Crippen LogP contribution is 2.29. The first kappa shape index (κ1) is 18.9. The van der Waals surface area contributed by atoms with Crippen molar-refractivity contribution in [3.63, 3.8) is 0 Å². The number of anilines is 1. The zero-order valence-electron chi connectivity index (χ0n) is 14.7. The smallest absolute Gasteiger partial charge is 0.312 e. The van der Waals surface area contributed by atoms with E-state index >= 15 is 0 Å². The molecule has 7 nitrogen and oxygen atoms in total. The van der Waals surface area contributed by atoms with E-state index < -0.39 is 4.92 Å². The van der Waals surface area contributed by atoms with Crippen LogP contribution >= 0.6 is 11.6 Å². The van der Waals surface area contributed by atoms with Crippen LogP contribution in [-0.2, 0) is 24.2 Å². The van der Waals surface area contributed by atoms with Gasteiger partial charge in [0.25, 0.3) is 0 Å². The van der Waals surface area contributed by atoms with E-state index in [1.165, 1.54) is 4.68 Å². The Bertz CT molecular complexity index is 830. The van der Waals surface area contributed by atoms with E-state index in [-0.39, 0.29) is 18.1 Å². The Balaban J connectivity index is 2.29. The minimum Gasteiger partial charge on any atom is -0.324 e. The predicted molar refractivity (Wildman–Crippen MR) is 97.2 cm³/mol. The lowest BCUT2D eigenvalue weighted by molar-refractivity contribution is -0.386. The molecule has 1 aromatic heterocycles. The van der Waals surface area contributed by atoms with Crippen molar-refractivity contribution < 1.29 is 9.72 Å². The lowest BCUT2D eigenvalue weighted by Gasteiger charge is -2.16. The second-order valence-electron chi connectivity index (χ2n) is 5.75. The van der Waals surface area contributed by atoms with Crippen molar-refractivity contribution in [2.75, 3.05) is 5.32 Å². The number of carbonyl (C=O) groups excluding carboxylic acids is 1. The van der Waals surface area contributed by atoms with Crippen molar-refractivity contribution in [2.45, 2.75) is 47.1 Å². The molecule has 0 aliphatic rings. The third-order valence-corrected chi connectivity index (χ3v) is 4.51. The maximum absolute atomic E-state index is 12.5. The summed E-state index contributed by atoms with van der Waals surface area (Å²) in [5.41, 5.74) is 3.19. The summed E-state index contributed by atoms with van der Waals surface area (Å²) in [7, 11) is 0. The fraction of sp³-hybridized carbons (Fsp3) is 0.412. The molecule has 0 radical (unpaired) electrons. The SMILES string of the molecule is CCc1ccc(Cl)c(CC)c1NC(=O)Cn1nc(C)c([N+](=O)[O-])c1C. The van der Waals surface area contributed by atoms with Crippen molar-refractivity contribution in [1.29, 1.82) is 0 Å². The molecule has 1 aromatic carbocycles. The van der Waals surface area contributed by atoms with E-state index in [9.17, 15) is 14.9 Å². The Morgan fingerprint density at radius 1 is 1.32 bits per heavy atom. The Morgan fingerprint density at radius 2 is 2.00 bits per heavy atom. The molecule has 0 aliphatic heterocycles. The minimum absolute atomic E-state index is 0.0564. The van der Waals surface area contributed by atoms with Gasteiger partial charge in [0.1, 0.15) is 17.9 Å². The summed E-state index contributed by atoms with van der Waals surface area (Å²) in [6.07, 6.45) is 1.44. The summed E-state index contributed by atoms with van der Waals surface area (Å²) in [4.78, 5) is 23.1. The maximum atomic E-state index is 12.5. The molecule has 2 rings (SSSR count). The summed E-state index contributed by atoms with van der Waals surface area (Å²) in [5, 5.41) is 18.7. The normalized spacial score (nSPS) is 10.8.